The minimum absolute atomic E-state index is 0.164. The van der Waals surface area contributed by atoms with Gasteiger partial charge in [0.05, 0.1) is 23.1 Å². The van der Waals surface area contributed by atoms with Crippen LogP contribution in [0.1, 0.15) is 11.1 Å². The van der Waals surface area contributed by atoms with Crippen molar-refractivity contribution in [2.45, 2.75) is 6.92 Å². The first-order valence-corrected chi connectivity index (χ1v) is 7.27. The molecule has 0 aliphatic heterocycles. The number of nitrogens with zero attached hydrogens (tertiary/aromatic N) is 2. The number of carbonyl (C=O) groups is 1. The average molecular weight is 345 g/mol. The molecule has 0 bridgehead atoms. The average Bonchev–Trinajstić information content (AvgIpc) is 2.57. The summed E-state index contributed by atoms with van der Waals surface area (Å²) < 4.78 is 0. The van der Waals surface area contributed by atoms with Crippen molar-refractivity contribution in [2.75, 3.05) is 17.2 Å². The highest BCUT2D eigenvalue weighted by Crippen LogP contribution is 2.25. The SMILES string of the molecule is Cc1c(Cl)cccc1NC(=O)CNc1ccc(C#N)cc1[N+](=O)[O-]. The maximum Gasteiger partial charge on any atom is 0.293 e. The molecule has 7 nitrogen and oxygen atoms in total. The molecule has 0 atom stereocenters. The van der Waals surface area contributed by atoms with Gasteiger partial charge >= 0.3 is 0 Å². The van der Waals surface area contributed by atoms with Crippen molar-refractivity contribution in [1.29, 1.82) is 5.26 Å². The molecular formula is C16H13ClN4O3. The molecule has 0 spiro atoms. The number of anilines is 2. The maximum absolute atomic E-state index is 12.0. The van der Waals surface area contributed by atoms with E-state index >= 15 is 0 Å². The molecule has 0 heterocycles. The topological polar surface area (TPSA) is 108 Å². The summed E-state index contributed by atoms with van der Waals surface area (Å²) >= 11 is 5.99. The van der Waals surface area contributed by atoms with E-state index in [1.807, 2.05) is 6.07 Å². The van der Waals surface area contributed by atoms with E-state index in [9.17, 15) is 14.9 Å². The predicted molar refractivity (Wildman–Crippen MR) is 91.1 cm³/mol. The monoisotopic (exact) mass is 344 g/mol. The molecule has 2 aromatic rings. The molecule has 2 N–H and O–H groups in total. The summed E-state index contributed by atoms with van der Waals surface area (Å²) in [5, 5.41) is 25.8. The van der Waals surface area contributed by atoms with Crippen LogP contribution in [-0.4, -0.2) is 17.4 Å². The van der Waals surface area contributed by atoms with Gasteiger partial charge in [0.2, 0.25) is 5.91 Å². The van der Waals surface area contributed by atoms with Crippen molar-refractivity contribution >= 4 is 34.6 Å². The van der Waals surface area contributed by atoms with Crippen LogP contribution in [0.15, 0.2) is 36.4 Å². The summed E-state index contributed by atoms with van der Waals surface area (Å²) in [5.41, 5.74) is 1.38. The fourth-order valence-corrected chi connectivity index (χ4v) is 2.19. The van der Waals surface area contributed by atoms with Gasteiger partial charge in [0.1, 0.15) is 5.69 Å². The van der Waals surface area contributed by atoms with Crippen LogP contribution >= 0.6 is 11.6 Å². The highest BCUT2D eigenvalue weighted by molar-refractivity contribution is 6.31. The maximum atomic E-state index is 12.0. The van der Waals surface area contributed by atoms with Gasteiger partial charge in [-0.2, -0.15) is 5.26 Å². The zero-order valence-electron chi connectivity index (χ0n) is 12.7. The van der Waals surface area contributed by atoms with Gasteiger partial charge in [-0.15, -0.1) is 0 Å². The van der Waals surface area contributed by atoms with Crippen molar-refractivity contribution in [3.05, 3.63) is 62.7 Å². The minimum atomic E-state index is -0.609. The fraction of sp³-hybridized carbons (Fsp3) is 0.125. The number of hydrogen-bond donors (Lipinski definition) is 2. The van der Waals surface area contributed by atoms with Crippen LogP contribution in [0.25, 0.3) is 0 Å². The van der Waals surface area contributed by atoms with Crippen molar-refractivity contribution in [1.82, 2.24) is 0 Å². The molecule has 122 valence electrons. The lowest BCUT2D eigenvalue weighted by Crippen LogP contribution is -2.22. The van der Waals surface area contributed by atoms with E-state index in [0.717, 1.165) is 11.6 Å². The third kappa shape index (κ3) is 4.00. The Kier molecular flexibility index (Phi) is 5.35. The summed E-state index contributed by atoms with van der Waals surface area (Å²) in [6.45, 7) is 1.61. The number of benzene rings is 2. The Morgan fingerprint density at radius 1 is 1.33 bits per heavy atom. The Morgan fingerprint density at radius 3 is 2.75 bits per heavy atom. The van der Waals surface area contributed by atoms with Crippen molar-refractivity contribution in [2.24, 2.45) is 0 Å². The number of nitrogens with one attached hydrogen (secondary N) is 2. The Morgan fingerprint density at radius 2 is 2.08 bits per heavy atom. The Bertz CT molecular complexity index is 846. The fourth-order valence-electron chi connectivity index (χ4n) is 2.01. The molecule has 0 saturated heterocycles. The summed E-state index contributed by atoms with van der Waals surface area (Å²) in [7, 11) is 0. The second kappa shape index (κ2) is 7.44. The third-order valence-electron chi connectivity index (χ3n) is 3.30. The molecule has 2 rings (SSSR count). The van der Waals surface area contributed by atoms with Gasteiger partial charge in [-0.05, 0) is 36.8 Å². The molecule has 0 fully saturated rings. The van der Waals surface area contributed by atoms with Crippen LogP contribution in [0, 0.1) is 28.4 Å². The molecule has 1 amide bonds. The lowest BCUT2D eigenvalue weighted by molar-refractivity contribution is -0.384. The van der Waals surface area contributed by atoms with Crippen LogP contribution < -0.4 is 10.6 Å². The number of amides is 1. The number of halogens is 1. The molecular weight excluding hydrogens is 332 g/mol. The standard InChI is InChI=1S/C16H13ClN4O3/c1-10-12(17)3-2-4-13(10)20-16(22)9-19-14-6-5-11(8-18)7-15(14)21(23)24/h2-7,19H,9H2,1H3,(H,20,22). The van der Waals surface area contributed by atoms with Crippen molar-refractivity contribution in [3.8, 4) is 6.07 Å². The summed E-state index contributed by atoms with van der Waals surface area (Å²) in [6.07, 6.45) is 0. The van der Waals surface area contributed by atoms with E-state index in [0.29, 0.717) is 10.7 Å². The predicted octanol–water partition coefficient (Wildman–Crippen LogP) is 3.48. The highest BCUT2D eigenvalue weighted by atomic mass is 35.5. The molecule has 0 aromatic heterocycles. The third-order valence-corrected chi connectivity index (χ3v) is 3.71. The Balaban J connectivity index is 2.08. The molecule has 8 heteroatoms. The van der Waals surface area contributed by atoms with Crippen LogP contribution in [-0.2, 0) is 4.79 Å². The quantitative estimate of drug-likeness (QED) is 0.637. The van der Waals surface area contributed by atoms with E-state index < -0.39 is 4.92 Å². The number of nitro groups is 1. The van der Waals surface area contributed by atoms with Crippen LogP contribution in [0.2, 0.25) is 5.02 Å². The van der Waals surface area contributed by atoms with Gasteiger partial charge in [0.25, 0.3) is 5.69 Å². The molecule has 0 radical (unpaired) electrons. The molecule has 2 aromatic carbocycles. The van der Waals surface area contributed by atoms with E-state index in [1.165, 1.54) is 12.1 Å². The number of carbonyl (C=O) groups excluding carboxylic acids is 1. The lowest BCUT2D eigenvalue weighted by atomic mass is 10.2. The Labute approximate surface area is 143 Å². The normalized spacial score (nSPS) is 9.88. The summed E-state index contributed by atoms with van der Waals surface area (Å²) in [4.78, 5) is 22.5. The van der Waals surface area contributed by atoms with Crippen LogP contribution in [0.3, 0.4) is 0 Å². The molecule has 0 aliphatic carbocycles. The first kappa shape index (κ1) is 17.2. The second-order valence-corrected chi connectivity index (χ2v) is 5.32. The largest absolute Gasteiger partial charge is 0.371 e. The molecule has 0 saturated carbocycles. The van der Waals surface area contributed by atoms with Crippen molar-refractivity contribution < 1.29 is 9.72 Å². The van der Waals surface area contributed by atoms with Gasteiger partial charge in [-0.1, -0.05) is 17.7 Å². The smallest absolute Gasteiger partial charge is 0.293 e. The number of hydrogen-bond acceptors (Lipinski definition) is 5. The summed E-state index contributed by atoms with van der Waals surface area (Å²) in [5.74, 6) is -0.376. The number of rotatable bonds is 5. The van der Waals surface area contributed by atoms with Gasteiger partial charge < -0.3 is 10.6 Å². The van der Waals surface area contributed by atoms with Gasteiger partial charge in [0.15, 0.2) is 0 Å². The molecule has 0 unspecified atom stereocenters. The highest BCUT2D eigenvalue weighted by Gasteiger charge is 2.15. The van der Waals surface area contributed by atoms with E-state index in [4.69, 9.17) is 16.9 Å². The second-order valence-electron chi connectivity index (χ2n) is 4.91. The Hall–Kier alpha value is -3.11. The molecule has 0 aliphatic rings. The first-order chi connectivity index (χ1) is 11.4. The van der Waals surface area contributed by atoms with Gasteiger partial charge in [0, 0.05) is 16.8 Å². The van der Waals surface area contributed by atoms with Gasteiger partial charge in [-0.3, -0.25) is 14.9 Å². The van der Waals surface area contributed by atoms with Crippen LogP contribution in [0.4, 0.5) is 17.1 Å². The number of nitro benzene ring substituents is 1. The zero-order chi connectivity index (χ0) is 17.7. The van der Waals surface area contributed by atoms with Crippen molar-refractivity contribution in [3.63, 3.8) is 0 Å². The lowest BCUT2D eigenvalue weighted by Gasteiger charge is -2.11. The molecule has 24 heavy (non-hydrogen) atoms. The van der Waals surface area contributed by atoms with E-state index in [1.54, 1.807) is 25.1 Å². The van der Waals surface area contributed by atoms with E-state index in [2.05, 4.69) is 10.6 Å². The minimum Gasteiger partial charge on any atom is -0.371 e. The zero-order valence-corrected chi connectivity index (χ0v) is 13.4. The number of nitriles is 1. The van der Waals surface area contributed by atoms with Gasteiger partial charge in [-0.25, -0.2) is 0 Å². The summed E-state index contributed by atoms with van der Waals surface area (Å²) in [6, 6.07) is 11.0. The van der Waals surface area contributed by atoms with Crippen LogP contribution in [0.5, 0.6) is 0 Å². The first-order valence-electron chi connectivity index (χ1n) is 6.89. The van der Waals surface area contributed by atoms with E-state index in [-0.39, 0.29) is 29.4 Å².